The van der Waals surface area contributed by atoms with Crippen molar-refractivity contribution >= 4 is 27.2 Å². The van der Waals surface area contributed by atoms with Gasteiger partial charge in [-0.15, -0.1) is 0 Å². The number of para-hydroxylation sites is 1. The zero-order chi connectivity index (χ0) is 25.9. The maximum Gasteiger partial charge on any atom is 0.0946 e. The van der Waals surface area contributed by atoms with Crippen molar-refractivity contribution in [2.75, 3.05) is 5.32 Å². The van der Waals surface area contributed by atoms with Crippen molar-refractivity contribution in [3.63, 3.8) is 0 Å². The number of aromatic nitrogens is 1. The highest BCUT2D eigenvalue weighted by Crippen LogP contribution is 2.36. The summed E-state index contributed by atoms with van der Waals surface area (Å²) in [5, 5.41) is 9.01. The van der Waals surface area contributed by atoms with Crippen LogP contribution in [-0.2, 0) is 12.8 Å². The molecule has 1 heterocycles. The molecule has 2 heteroatoms. The van der Waals surface area contributed by atoms with Gasteiger partial charge >= 0.3 is 0 Å². The Kier molecular flexibility index (Phi) is 6.62. The number of nitrogens with zero attached hydrogens (tertiary/aromatic N) is 1. The first-order chi connectivity index (χ1) is 18.7. The van der Waals surface area contributed by atoms with Gasteiger partial charge in [-0.3, -0.25) is 4.98 Å². The standard InChI is InChI=1S/C36H32N2/c1-3-25-17-10-18-26(4-2)35(25)38-36(34-22-12-21-33(37-34)27-13-6-5-7-14-27)31-20-11-19-30-23-28-15-8-9-16-29(28)24-32(30)31/h5-24,36,38H,3-4H2,1-2H3. The second-order valence-corrected chi connectivity index (χ2v) is 9.82. The maximum absolute atomic E-state index is 5.23. The maximum atomic E-state index is 5.23. The lowest BCUT2D eigenvalue weighted by Crippen LogP contribution is -2.17. The molecule has 0 spiro atoms. The number of aryl methyl sites for hydroxylation is 2. The summed E-state index contributed by atoms with van der Waals surface area (Å²) in [5.74, 6) is 0. The highest BCUT2D eigenvalue weighted by Gasteiger charge is 2.21. The van der Waals surface area contributed by atoms with Gasteiger partial charge in [-0.05, 0) is 75.3 Å². The number of hydrogen-bond donors (Lipinski definition) is 1. The van der Waals surface area contributed by atoms with E-state index in [0.29, 0.717) is 0 Å². The third-order valence-corrected chi connectivity index (χ3v) is 7.51. The number of fused-ring (bicyclic) bond motifs is 2. The Labute approximate surface area is 225 Å². The van der Waals surface area contributed by atoms with Gasteiger partial charge in [-0.2, -0.15) is 0 Å². The predicted molar refractivity (Wildman–Crippen MR) is 162 cm³/mol. The van der Waals surface area contributed by atoms with Gasteiger partial charge in [0.05, 0.1) is 17.4 Å². The molecule has 0 saturated carbocycles. The molecule has 0 bridgehead atoms. The summed E-state index contributed by atoms with van der Waals surface area (Å²) >= 11 is 0. The van der Waals surface area contributed by atoms with E-state index >= 15 is 0 Å². The average molecular weight is 493 g/mol. The number of pyridine rings is 1. The first-order valence-corrected chi connectivity index (χ1v) is 13.6. The Bertz CT molecular complexity index is 1700. The molecule has 0 aliphatic rings. The third-order valence-electron chi connectivity index (χ3n) is 7.51. The predicted octanol–water partition coefficient (Wildman–Crippen LogP) is 9.38. The van der Waals surface area contributed by atoms with E-state index in [9.17, 15) is 0 Å². The van der Waals surface area contributed by atoms with Crippen LogP contribution in [0.25, 0.3) is 32.8 Å². The van der Waals surface area contributed by atoms with Gasteiger partial charge in [0.2, 0.25) is 0 Å². The van der Waals surface area contributed by atoms with Crippen molar-refractivity contribution in [2.45, 2.75) is 32.7 Å². The van der Waals surface area contributed by atoms with E-state index in [1.165, 1.54) is 43.9 Å². The largest absolute Gasteiger partial charge is 0.372 e. The Balaban J connectivity index is 1.57. The molecule has 1 unspecified atom stereocenters. The summed E-state index contributed by atoms with van der Waals surface area (Å²) in [6, 6.07) is 43.3. The summed E-state index contributed by atoms with van der Waals surface area (Å²) in [5.41, 5.74) is 8.25. The van der Waals surface area contributed by atoms with Crippen LogP contribution in [0.2, 0.25) is 0 Å². The summed E-state index contributed by atoms with van der Waals surface area (Å²) < 4.78 is 0. The van der Waals surface area contributed by atoms with Gasteiger partial charge in [0.25, 0.3) is 0 Å². The van der Waals surface area contributed by atoms with Crippen LogP contribution in [0.3, 0.4) is 0 Å². The molecule has 6 rings (SSSR count). The fourth-order valence-electron chi connectivity index (χ4n) is 5.51. The van der Waals surface area contributed by atoms with E-state index in [1.54, 1.807) is 0 Å². The Morgan fingerprint density at radius 1 is 0.605 bits per heavy atom. The normalized spacial score (nSPS) is 12.1. The third kappa shape index (κ3) is 4.54. The Morgan fingerprint density at radius 3 is 1.97 bits per heavy atom. The Morgan fingerprint density at radius 2 is 1.24 bits per heavy atom. The van der Waals surface area contributed by atoms with Crippen molar-refractivity contribution < 1.29 is 0 Å². The van der Waals surface area contributed by atoms with Crippen molar-refractivity contribution in [3.05, 3.63) is 144 Å². The van der Waals surface area contributed by atoms with Crippen LogP contribution in [0.4, 0.5) is 5.69 Å². The van der Waals surface area contributed by atoms with E-state index < -0.39 is 0 Å². The highest BCUT2D eigenvalue weighted by atomic mass is 15.0. The summed E-state index contributed by atoms with van der Waals surface area (Å²) in [6.45, 7) is 4.46. The molecule has 2 nitrogen and oxygen atoms in total. The van der Waals surface area contributed by atoms with Gasteiger partial charge in [0, 0.05) is 11.3 Å². The first-order valence-electron chi connectivity index (χ1n) is 13.6. The van der Waals surface area contributed by atoms with Gasteiger partial charge in [0.15, 0.2) is 0 Å². The molecule has 0 saturated heterocycles. The van der Waals surface area contributed by atoms with E-state index in [4.69, 9.17) is 4.98 Å². The van der Waals surface area contributed by atoms with Gasteiger partial charge in [0.1, 0.15) is 0 Å². The zero-order valence-corrected chi connectivity index (χ0v) is 22.0. The van der Waals surface area contributed by atoms with Crippen LogP contribution in [0.1, 0.15) is 42.3 Å². The van der Waals surface area contributed by atoms with Gasteiger partial charge in [-0.1, -0.05) is 111 Å². The molecule has 0 amide bonds. The SMILES string of the molecule is CCc1cccc(CC)c1NC(c1cccc(-c2ccccc2)n1)c1cccc2cc3ccccc3cc12. The minimum atomic E-state index is -0.110. The van der Waals surface area contributed by atoms with E-state index in [-0.39, 0.29) is 6.04 Å². The molecule has 5 aromatic carbocycles. The summed E-state index contributed by atoms with van der Waals surface area (Å²) in [7, 11) is 0. The number of rotatable bonds is 7. The quantitative estimate of drug-likeness (QED) is 0.225. The lowest BCUT2D eigenvalue weighted by Gasteiger charge is -2.25. The van der Waals surface area contributed by atoms with Crippen LogP contribution in [0, 0.1) is 0 Å². The van der Waals surface area contributed by atoms with Crippen molar-refractivity contribution in [1.29, 1.82) is 0 Å². The lowest BCUT2D eigenvalue weighted by molar-refractivity contribution is 0.886. The minimum Gasteiger partial charge on any atom is -0.372 e. The van der Waals surface area contributed by atoms with Gasteiger partial charge in [-0.25, -0.2) is 0 Å². The molecule has 0 aliphatic heterocycles. The molecular weight excluding hydrogens is 460 g/mol. The summed E-state index contributed by atoms with van der Waals surface area (Å²) in [4.78, 5) is 5.23. The van der Waals surface area contributed by atoms with Crippen molar-refractivity contribution in [1.82, 2.24) is 4.98 Å². The van der Waals surface area contributed by atoms with Crippen LogP contribution >= 0.6 is 0 Å². The smallest absolute Gasteiger partial charge is 0.0946 e. The van der Waals surface area contributed by atoms with Crippen LogP contribution < -0.4 is 5.32 Å². The second-order valence-electron chi connectivity index (χ2n) is 9.82. The average Bonchev–Trinajstić information content (AvgIpc) is 2.99. The van der Waals surface area contributed by atoms with Crippen LogP contribution in [0.15, 0.2) is 121 Å². The molecule has 6 aromatic rings. The fourth-order valence-corrected chi connectivity index (χ4v) is 5.51. The zero-order valence-electron chi connectivity index (χ0n) is 22.0. The van der Waals surface area contributed by atoms with E-state index in [2.05, 4.69) is 134 Å². The van der Waals surface area contributed by atoms with E-state index in [0.717, 1.165) is 29.8 Å². The number of benzene rings is 5. The van der Waals surface area contributed by atoms with E-state index in [1.807, 2.05) is 6.07 Å². The van der Waals surface area contributed by atoms with Gasteiger partial charge < -0.3 is 5.32 Å². The van der Waals surface area contributed by atoms with Crippen LogP contribution in [-0.4, -0.2) is 4.98 Å². The first kappa shape index (κ1) is 23.9. The topological polar surface area (TPSA) is 24.9 Å². The molecule has 38 heavy (non-hydrogen) atoms. The fraction of sp³-hybridized carbons (Fsp3) is 0.139. The molecule has 0 aliphatic carbocycles. The number of nitrogens with one attached hydrogen (secondary N) is 1. The summed E-state index contributed by atoms with van der Waals surface area (Å²) in [6.07, 6.45) is 1.95. The van der Waals surface area contributed by atoms with Crippen molar-refractivity contribution in [3.8, 4) is 11.3 Å². The highest BCUT2D eigenvalue weighted by molar-refractivity contribution is 6.00. The Hall–Kier alpha value is -4.43. The number of anilines is 1. The molecule has 1 atom stereocenters. The molecule has 1 aromatic heterocycles. The number of hydrogen-bond acceptors (Lipinski definition) is 2. The monoisotopic (exact) mass is 492 g/mol. The van der Waals surface area contributed by atoms with Crippen LogP contribution in [0.5, 0.6) is 0 Å². The van der Waals surface area contributed by atoms with Crippen molar-refractivity contribution in [2.24, 2.45) is 0 Å². The molecular formula is C36H32N2. The lowest BCUT2D eigenvalue weighted by atomic mass is 9.92. The second kappa shape index (κ2) is 10.5. The minimum absolute atomic E-state index is 0.110. The molecule has 0 fully saturated rings. The molecule has 0 radical (unpaired) electrons. The molecule has 186 valence electrons. The molecule has 1 N–H and O–H groups in total.